The molecule has 34 heavy (non-hydrogen) atoms. The van der Waals surface area contributed by atoms with E-state index in [2.05, 4.69) is 51.5 Å². The quantitative estimate of drug-likeness (QED) is 0.444. The molecule has 0 unspecified atom stereocenters. The number of aromatic nitrogens is 4. The van der Waals surface area contributed by atoms with Crippen LogP contribution in [-0.4, -0.2) is 56.4 Å². The molecule has 0 spiro atoms. The van der Waals surface area contributed by atoms with Crippen molar-refractivity contribution in [3.8, 4) is 11.1 Å². The van der Waals surface area contributed by atoms with Crippen molar-refractivity contribution in [1.29, 1.82) is 0 Å². The first kappa shape index (κ1) is 21.0. The first-order valence-corrected chi connectivity index (χ1v) is 12.2. The van der Waals surface area contributed by atoms with Crippen LogP contribution in [0, 0.1) is 0 Å². The number of fused-ring (bicyclic) bond motifs is 1. The molecular formula is C27H30N6O. The van der Waals surface area contributed by atoms with E-state index >= 15 is 0 Å². The highest BCUT2D eigenvalue weighted by Crippen LogP contribution is 2.39. The van der Waals surface area contributed by atoms with E-state index in [0.717, 1.165) is 60.8 Å². The molecule has 1 aliphatic carbocycles. The highest BCUT2D eigenvalue weighted by molar-refractivity contribution is 5.78. The van der Waals surface area contributed by atoms with Gasteiger partial charge in [0.2, 0.25) is 5.91 Å². The minimum atomic E-state index is 0.256. The molecule has 2 fully saturated rings. The minimum Gasteiger partial charge on any atom is -0.365 e. The van der Waals surface area contributed by atoms with E-state index in [0.29, 0.717) is 6.42 Å². The summed E-state index contributed by atoms with van der Waals surface area (Å²) in [6.45, 7) is 3.16. The predicted octanol–water partition coefficient (Wildman–Crippen LogP) is 3.89. The molecule has 1 saturated carbocycles. The summed E-state index contributed by atoms with van der Waals surface area (Å²) in [7, 11) is 1.92. The number of hydrogen-bond donors (Lipinski definition) is 0. The second-order valence-corrected chi connectivity index (χ2v) is 9.56. The Kier molecular flexibility index (Phi) is 5.32. The van der Waals surface area contributed by atoms with E-state index in [1.54, 1.807) is 4.68 Å². The van der Waals surface area contributed by atoms with Gasteiger partial charge in [-0.2, -0.15) is 10.2 Å². The van der Waals surface area contributed by atoms with Gasteiger partial charge in [-0.1, -0.05) is 30.3 Å². The van der Waals surface area contributed by atoms with Crippen LogP contribution in [0.1, 0.15) is 36.3 Å². The lowest BCUT2D eigenvalue weighted by Gasteiger charge is -2.35. The number of pyridine rings is 1. The molecule has 1 saturated heterocycles. The zero-order valence-corrected chi connectivity index (χ0v) is 19.6. The van der Waals surface area contributed by atoms with Crippen LogP contribution in [0.2, 0.25) is 0 Å². The molecule has 0 atom stereocenters. The van der Waals surface area contributed by atoms with E-state index in [1.165, 1.54) is 24.0 Å². The fourth-order valence-corrected chi connectivity index (χ4v) is 4.93. The molecule has 2 aliphatic rings. The summed E-state index contributed by atoms with van der Waals surface area (Å²) in [4.78, 5) is 17.2. The Morgan fingerprint density at radius 1 is 0.912 bits per heavy atom. The zero-order valence-electron chi connectivity index (χ0n) is 19.6. The first-order chi connectivity index (χ1) is 16.6. The van der Waals surface area contributed by atoms with E-state index in [1.807, 2.05) is 41.3 Å². The molecule has 3 aromatic heterocycles. The maximum atomic E-state index is 12.8. The third-order valence-corrected chi connectivity index (χ3v) is 7.16. The van der Waals surface area contributed by atoms with Gasteiger partial charge in [0.05, 0.1) is 23.6 Å². The fourth-order valence-electron chi connectivity index (χ4n) is 4.93. The fraction of sp³-hybridized carbons (Fsp3) is 0.370. The van der Waals surface area contributed by atoms with E-state index in [-0.39, 0.29) is 5.91 Å². The van der Waals surface area contributed by atoms with Gasteiger partial charge in [0.15, 0.2) is 0 Å². The zero-order chi connectivity index (χ0) is 23.1. The Hall–Kier alpha value is -3.61. The minimum absolute atomic E-state index is 0.256. The summed E-state index contributed by atoms with van der Waals surface area (Å²) < 4.78 is 3.74. The molecule has 4 heterocycles. The second kappa shape index (κ2) is 8.63. The van der Waals surface area contributed by atoms with Crippen molar-refractivity contribution >= 4 is 17.1 Å². The molecule has 1 aliphatic heterocycles. The highest BCUT2D eigenvalue weighted by Gasteiger charge is 2.24. The number of carbonyl (C=O) groups excluding carboxylic acids is 1. The Morgan fingerprint density at radius 2 is 1.71 bits per heavy atom. The van der Waals surface area contributed by atoms with Crippen LogP contribution < -0.4 is 4.90 Å². The molecule has 174 valence electrons. The topological polar surface area (TPSA) is 58.7 Å². The highest BCUT2D eigenvalue weighted by atomic mass is 16.2. The molecule has 0 N–H and O–H groups in total. The maximum Gasteiger partial charge on any atom is 0.223 e. The number of hydrogen-bond acceptors (Lipinski definition) is 4. The van der Waals surface area contributed by atoms with Crippen LogP contribution in [0.15, 0.2) is 61.2 Å². The normalized spacial score (nSPS) is 16.4. The standard InChI is InChI=1S/C27H30N6O/c1-30-18-24(16-28-30)23-9-10-25-26(17-29-33(25)19-23)31-12-14-32(15-13-31)27(34)11-4-20-2-5-21(6-3-20)22-7-8-22/h2-3,5-6,9-10,16-19,22H,4,7-8,11-15H2,1H3. The van der Waals surface area contributed by atoms with Crippen molar-refractivity contribution < 1.29 is 4.79 Å². The smallest absolute Gasteiger partial charge is 0.223 e. The van der Waals surface area contributed by atoms with Gasteiger partial charge >= 0.3 is 0 Å². The van der Waals surface area contributed by atoms with Crippen molar-refractivity contribution in [3.05, 3.63) is 72.3 Å². The average Bonchev–Trinajstić information content (AvgIpc) is 3.50. The van der Waals surface area contributed by atoms with Gasteiger partial charge < -0.3 is 9.80 Å². The van der Waals surface area contributed by atoms with Gasteiger partial charge in [-0.05, 0) is 42.4 Å². The first-order valence-electron chi connectivity index (χ1n) is 12.2. The summed E-state index contributed by atoms with van der Waals surface area (Å²) in [6, 6.07) is 13.1. The Morgan fingerprint density at radius 3 is 2.41 bits per heavy atom. The third kappa shape index (κ3) is 4.18. The molecule has 4 aromatic rings. The number of benzene rings is 1. The van der Waals surface area contributed by atoms with Gasteiger partial charge in [0.1, 0.15) is 0 Å². The van der Waals surface area contributed by atoms with Crippen molar-refractivity contribution in [1.82, 2.24) is 24.3 Å². The Balaban J connectivity index is 1.05. The van der Waals surface area contributed by atoms with Crippen molar-refractivity contribution in [2.75, 3.05) is 31.1 Å². The number of aryl methyl sites for hydroxylation is 2. The van der Waals surface area contributed by atoms with Crippen LogP contribution in [0.3, 0.4) is 0 Å². The predicted molar refractivity (Wildman–Crippen MR) is 133 cm³/mol. The SMILES string of the molecule is Cn1cc(-c2ccc3c(N4CCN(C(=O)CCc5ccc(C6CC6)cc5)CC4)cnn3c2)cn1. The number of anilines is 1. The van der Waals surface area contributed by atoms with Crippen molar-refractivity contribution in [2.45, 2.75) is 31.6 Å². The van der Waals surface area contributed by atoms with Gasteiger partial charge in [0.25, 0.3) is 0 Å². The van der Waals surface area contributed by atoms with Gasteiger partial charge in [-0.25, -0.2) is 4.52 Å². The van der Waals surface area contributed by atoms with Crippen LogP contribution in [0.4, 0.5) is 5.69 Å². The van der Waals surface area contributed by atoms with Gasteiger partial charge in [-0.3, -0.25) is 9.48 Å². The van der Waals surface area contributed by atoms with Crippen molar-refractivity contribution in [3.63, 3.8) is 0 Å². The molecular weight excluding hydrogens is 424 g/mol. The third-order valence-electron chi connectivity index (χ3n) is 7.16. The molecule has 0 bridgehead atoms. The molecule has 6 rings (SSSR count). The summed E-state index contributed by atoms with van der Waals surface area (Å²) >= 11 is 0. The number of amides is 1. The van der Waals surface area contributed by atoms with Crippen molar-refractivity contribution in [2.24, 2.45) is 7.05 Å². The van der Waals surface area contributed by atoms with Gasteiger partial charge in [-0.15, -0.1) is 0 Å². The molecule has 1 aromatic carbocycles. The molecule has 7 heteroatoms. The maximum absolute atomic E-state index is 12.8. The molecule has 7 nitrogen and oxygen atoms in total. The van der Waals surface area contributed by atoms with Gasteiger partial charge in [0, 0.05) is 63.2 Å². The lowest BCUT2D eigenvalue weighted by atomic mass is 10.0. The number of carbonyl (C=O) groups is 1. The van der Waals surface area contributed by atoms with Crippen LogP contribution in [0.25, 0.3) is 16.6 Å². The Bertz CT molecular complexity index is 1310. The lowest BCUT2D eigenvalue weighted by Crippen LogP contribution is -2.48. The number of piperazine rings is 1. The largest absolute Gasteiger partial charge is 0.365 e. The summed E-state index contributed by atoms with van der Waals surface area (Å²) in [5.74, 6) is 1.04. The molecule has 1 amide bonds. The van der Waals surface area contributed by atoms with E-state index < -0.39 is 0 Å². The molecule has 0 radical (unpaired) electrons. The number of nitrogens with zero attached hydrogens (tertiary/aromatic N) is 6. The van der Waals surface area contributed by atoms with Crippen LogP contribution >= 0.6 is 0 Å². The summed E-state index contributed by atoms with van der Waals surface area (Å²) in [5, 5.41) is 8.85. The number of rotatable bonds is 6. The summed E-state index contributed by atoms with van der Waals surface area (Å²) in [5.41, 5.74) is 7.09. The monoisotopic (exact) mass is 454 g/mol. The average molecular weight is 455 g/mol. The lowest BCUT2D eigenvalue weighted by molar-refractivity contribution is -0.131. The summed E-state index contributed by atoms with van der Waals surface area (Å²) in [6.07, 6.45) is 11.9. The van der Waals surface area contributed by atoms with E-state index in [4.69, 9.17) is 0 Å². The van der Waals surface area contributed by atoms with E-state index in [9.17, 15) is 4.79 Å². The Labute approximate surface area is 199 Å². The van der Waals surface area contributed by atoms with Crippen LogP contribution in [0.5, 0.6) is 0 Å². The second-order valence-electron chi connectivity index (χ2n) is 9.56. The van der Waals surface area contributed by atoms with Crippen LogP contribution in [-0.2, 0) is 18.3 Å².